The van der Waals surface area contributed by atoms with Gasteiger partial charge in [-0.25, -0.2) is 0 Å². The highest BCUT2D eigenvalue weighted by atomic mass is 19.4. The number of rotatable bonds is 24. The fourth-order valence-corrected chi connectivity index (χ4v) is 4.45. The van der Waals surface area contributed by atoms with E-state index in [0.29, 0.717) is 19.3 Å². The van der Waals surface area contributed by atoms with Gasteiger partial charge in [0.25, 0.3) is 0 Å². The minimum atomic E-state index is -8.87. The Kier molecular flexibility index (Phi) is 15.9. The molecule has 0 aliphatic carbocycles. The van der Waals surface area contributed by atoms with Crippen molar-refractivity contribution in [3.05, 3.63) is 0 Å². The normalized spacial score (nSPS) is 15.1. The van der Waals surface area contributed by atoms with Gasteiger partial charge in [0.15, 0.2) is 0 Å². The van der Waals surface area contributed by atoms with Crippen molar-refractivity contribution in [1.82, 2.24) is 0 Å². The molecule has 0 saturated heterocycles. The fraction of sp³-hybridized carbons (Fsp3) is 1.00. The van der Waals surface area contributed by atoms with E-state index in [1.165, 1.54) is 19.3 Å². The molecule has 0 saturated carbocycles. The van der Waals surface area contributed by atoms with Crippen LogP contribution in [0.25, 0.3) is 0 Å². The molecule has 19 heteroatoms. The van der Waals surface area contributed by atoms with Crippen molar-refractivity contribution in [3.63, 3.8) is 0 Å². The second-order valence-corrected chi connectivity index (χ2v) is 11.3. The number of alkyl halides is 19. The third kappa shape index (κ3) is 9.21. The van der Waals surface area contributed by atoms with Gasteiger partial charge >= 0.3 is 53.6 Å². The summed E-state index contributed by atoms with van der Waals surface area (Å²) in [5.41, 5.74) is 0. The van der Waals surface area contributed by atoms with E-state index in [0.717, 1.165) is 44.9 Å². The standard InChI is InChI=1S/C27H37F19/c1-2-3-4-5-6-7-8-9-10-11-12-13-14-15-16-17-18-19(28,29)20(30,31)21(32,33)22(34,35)23(36,37)24(38,39)25(40,41)26(42,43)27(44,45)46/h2-18H2,1H3. The van der Waals surface area contributed by atoms with Crippen LogP contribution in [0.3, 0.4) is 0 Å². The lowest BCUT2D eigenvalue weighted by Crippen LogP contribution is -2.75. The Bertz CT molecular complexity index is 877. The van der Waals surface area contributed by atoms with Crippen LogP contribution in [0.4, 0.5) is 83.4 Å². The molecule has 0 bridgehead atoms. The summed E-state index contributed by atoms with van der Waals surface area (Å²) in [5, 5.41) is 0. The summed E-state index contributed by atoms with van der Waals surface area (Å²) in [4.78, 5) is 0. The molecule has 46 heavy (non-hydrogen) atoms. The van der Waals surface area contributed by atoms with Crippen molar-refractivity contribution in [2.45, 2.75) is 170 Å². The third-order valence-electron chi connectivity index (χ3n) is 7.53. The number of halogens is 19. The molecular formula is C27H37F19. The monoisotopic (exact) mass is 722 g/mol. The van der Waals surface area contributed by atoms with Crippen LogP contribution in [-0.2, 0) is 0 Å². The van der Waals surface area contributed by atoms with Crippen molar-refractivity contribution in [3.8, 4) is 0 Å². The minimum absolute atomic E-state index is 0.0404. The van der Waals surface area contributed by atoms with Gasteiger partial charge in [-0.3, -0.25) is 0 Å². The average molecular weight is 723 g/mol. The van der Waals surface area contributed by atoms with Crippen LogP contribution in [0, 0.1) is 0 Å². The Balaban J connectivity index is 5.17. The molecule has 0 rings (SSSR count). The maximum Gasteiger partial charge on any atom is 0.460 e. The lowest BCUT2D eigenvalue weighted by atomic mass is 9.86. The van der Waals surface area contributed by atoms with Gasteiger partial charge in [-0.1, -0.05) is 103 Å². The van der Waals surface area contributed by atoms with Gasteiger partial charge in [0.1, 0.15) is 0 Å². The molecule has 0 spiro atoms. The zero-order valence-corrected chi connectivity index (χ0v) is 24.7. The highest BCUT2D eigenvalue weighted by Crippen LogP contribution is 2.65. The van der Waals surface area contributed by atoms with Crippen molar-refractivity contribution >= 4 is 0 Å². The Morgan fingerprint density at radius 3 is 0.739 bits per heavy atom. The van der Waals surface area contributed by atoms with Crippen LogP contribution in [0.2, 0.25) is 0 Å². The van der Waals surface area contributed by atoms with Gasteiger partial charge in [0.05, 0.1) is 0 Å². The van der Waals surface area contributed by atoms with E-state index in [4.69, 9.17) is 0 Å². The molecule has 0 aromatic carbocycles. The number of hydrogen-bond acceptors (Lipinski definition) is 0. The van der Waals surface area contributed by atoms with Gasteiger partial charge in [-0.2, -0.15) is 83.4 Å². The van der Waals surface area contributed by atoms with Crippen LogP contribution in [0.15, 0.2) is 0 Å². The molecular weight excluding hydrogens is 685 g/mol. The molecule has 0 amide bonds. The van der Waals surface area contributed by atoms with Crippen LogP contribution in [0.1, 0.15) is 116 Å². The van der Waals surface area contributed by atoms with Crippen LogP contribution < -0.4 is 0 Å². The Hall–Kier alpha value is -1.33. The molecule has 0 unspecified atom stereocenters. The van der Waals surface area contributed by atoms with E-state index < -0.39 is 72.8 Å². The predicted octanol–water partition coefficient (Wildman–Crippen LogP) is 13.3. The van der Waals surface area contributed by atoms with Gasteiger partial charge in [0.2, 0.25) is 0 Å². The van der Waals surface area contributed by atoms with Crippen molar-refractivity contribution in [2.24, 2.45) is 0 Å². The molecule has 0 aliphatic heterocycles. The van der Waals surface area contributed by atoms with E-state index in [1.54, 1.807) is 0 Å². The third-order valence-corrected chi connectivity index (χ3v) is 7.53. The summed E-state index contributed by atoms with van der Waals surface area (Å²) in [7, 11) is 0. The Morgan fingerprint density at radius 1 is 0.261 bits per heavy atom. The van der Waals surface area contributed by atoms with E-state index in [2.05, 4.69) is 6.92 Å². The highest BCUT2D eigenvalue weighted by Gasteiger charge is 2.96. The van der Waals surface area contributed by atoms with E-state index in [1.807, 2.05) is 0 Å². The van der Waals surface area contributed by atoms with Crippen molar-refractivity contribution in [1.29, 1.82) is 0 Å². The Labute approximate surface area is 253 Å². The summed E-state index contributed by atoms with van der Waals surface area (Å²) in [6.07, 6.45) is 0.525. The molecule has 0 aromatic heterocycles. The first kappa shape index (κ1) is 44.7. The van der Waals surface area contributed by atoms with E-state index in [-0.39, 0.29) is 6.42 Å². The molecule has 278 valence electrons. The molecule has 0 aliphatic rings. The minimum Gasteiger partial charge on any atom is -0.200 e. The predicted molar refractivity (Wildman–Crippen MR) is 130 cm³/mol. The number of unbranched alkanes of at least 4 members (excludes halogenated alkanes) is 15. The first-order valence-electron chi connectivity index (χ1n) is 14.7. The first-order chi connectivity index (χ1) is 20.6. The second-order valence-electron chi connectivity index (χ2n) is 11.3. The lowest BCUT2D eigenvalue weighted by molar-refractivity contribution is -0.468. The second kappa shape index (κ2) is 16.4. The zero-order chi connectivity index (χ0) is 36.5. The molecule has 0 radical (unpaired) electrons. The molecule has 0 heterocycles. The fourth-order valence-electron chi connectivity index (χ4n) is 4.45. The molecule has 0 N–H and O–H groups in total. The largest absolute Gasteiger partial charge is 0.460 e. The SMILES string of the molecule is CCCCCCCCCCCCCCCCCCC(F)(F)C(F)(F)C(F)(F)C(F)(F)C(F)(F)C(F)(F)C(F)(F)C(F)(F)C(F)(F)F. The summed E-state index contributed by atoms with van der Waals surface area (Å²) in [5.74, 6) is -65.9. The lowest BCUT2D eigenvalue weighted by Gasteiger charge is -2.43. The first-order valence-corrected chi connectivity index (χ1v) is 14.7. The van der Waals surface area contributed by atoms with Gasteiger partial charge in [-0.05, 0) is 6.42 Å². The zero-order valence-electron chi connectivity index (χ0n) is 24.7. The van der Waals surface area contributed by atoms with Gasteiger partial charge in [-0.15, -0.1) is 0 Å². The molecule has 0 fully saturated rings. The van der Waals surface area contributed by atoms with Crippen molar-refractivity contribution < 1.29 is 83.4 Å². The quantitative estimate of drug-likeness (QED) is 0.0687. The summed E-state index contributed by atoms with van der Waals surface area (Å²) < 4.78 is 254. The van der Waals surface area contributed by atoms with E-state index >= 15 is 0 Å². The highest BCUT2D eigenvalue weighted by molar-refractivity contribution is 5.16. The van der Waals surface area contributed by atoms with Crippen LogP contribution in [0.5, 0.6) is 0 Å². The Morgan fingerprint density at radius 2 is 0.478 bits per heavy atom. The van der Waals surface area contributed by atoms with Gasteiger partial charge < -0.3 is 0 Å². The average Bonchev–Trinajstić information content (AvgIpc) is 2.91. The maximum atomic E-state index is 14.0. The summed E-state index contributed by atoms with van der Waals surface area (Å²) in [6.45, 7) is 2.11. The molecule has 0 atom stereocenters. The number of hydrogen-bond donors (Lipinski definition) is 0. The smallest absolute Gasteiger partial charge is 0.200 e. The summed E-state index contributed by atoms with van der Waals surface area (Å²) in [6, 6.07) is 0. The van der Waals surface area contributed by atoms with Crippen LogP contribution >= 0.6 is 0 Å². The van der Waals surface area contributed by atoms with E-state index in [9.17, 15) is 83.4 Å². The molecule has 0 nitrogen and oxygen atoms in total. The molecule has 0 aromatic rings. The van der Waals surface area contributed by atoms with Crippen molar-refractivity contribution in [2.75, 3.05) is 0 Å². The maximum absolute atomic E-state index is 14.0. The van der Waals surface area contributed by atoms with Crippen LogP contribution in [-0.4, -0.2) is 53.6 Å². The summed E-state index contributed by atoms with van der Waals surface area (Å²) >= 11 is 0. The van der Waals surface area contributed by atoms with Gasteiger partial charge in [0, 0.05) is 6.42 Å². The topological polar surface area (TPSA) is 0 Å².